The van der Waals surface area contributed by atoms with Crippen molar-refractivity contribution >= 4 is 38.7 Å². The molecule has 0 N–H and O–H groups in total. The second-order valence-electron chi connectivity index (χ2n) is 10.6. The average Bonchev–Trinajstić information content (AvgIpc) is 3.37. The zero-order valence-corrected chi connectivity index (χ0v) is 22.5. The first kappa shape index (κ1) is 23.6. The monoisotopic (exact) mass is 525 g/mol. The van der Waals surface area contributed by atoms with Crippen LogP contribution in [-0.2, 0) is 0 Å². The van der Waals surface area contributed by atoms with Crippen LogP contribution in [0.2, 0.25) is 0 Å². The molecule has 1 aliphatic carbocycles. The van der Waals surface area contributed by atoms with E-state index in [1.54, 1.807) is 0 Å². The molecule has 2 aromatic heterocycles. The molecule has 0 amide bonds. The zero-order valence-electron chi connectivity index (χ0n) is 22.5. The number of para-hydroxylation sites is 3. The maximum Gasteiger partial charge on any atom is 0.165 e. The summed E-state index contributed by atoms with van der Waals surface area (Å²) in [5, 5.41) is 1.11. The standard InChI is InChI=1S/C38H27N3/c1-3-12-26(13-4-1)31-18-7-8-19-32(31)29-15-11-14-27(24-29)28-22-23-36-33(25-28)37-38(41(36)30-16-5-2-6-17-30)40-35-21-10-9-20-34(35)39-37/h1-18,20-25,32H,19H2. The van der Waals surface area contributed by atoms with Crippen LogP contribution in [0.5, 0.6) is 0 Å². The highest BCUT2D eigenvalue weighted by molar-refractivity contribution is 6.09. The second-order valence-corrected chi connectivity index (χ2v) is 10.6. The van der Waals surface area contributed by atoms with Crippen molar-refractivity contribution in [3.8, 4) is 16.8 Å². The smallest absolute Gasteiger partial charge is 0.165 e. The summed E-state index contributed by atoms with van der Waals surface area (Å²) in [5.41, 5.74) is 12.2. The van der Waals surface area contributed by atoms with Crippen LogP contribution in [-0.4, -0.2) is 14.5 Å². The van der Waals surface area contributed by atoms with Crippen LogP contribution in [0.25, 0.3) is 55.5 Å². The molecule has 7 aromatic rings. The molecule has 0 aliphatic heterocycles. The van der Waals surface area contributed by atoms with Crippen molar-refractivity contribution in [2.45, 2.75) is 12.3 Å². The summed E-state index contributed by atoms with van der Waals surface area (Å²) in [7, 11) is 0. The number of aromatic nitrogens is 3. The first-order valence-electron chi connectivity index (χ1n) is 14.1. The fourth-order valence-corrected chi connectivity index (χ4v) is 6.19. The highest BCUT2D eigenvalue weighted by Gasteiger charge is 2.20. The average molecular weight is 526 g/mol. The molecule has 0 fully saturated rings. The Morgan fingerprint density at radius 1 is 0.610 bits per heavy atom. The van der Waals surface area contributed by atoms with Crippen molar-refractivity contribution in [3.05, 3.63) is 157 Å². The van der Waals surface area contributed by atoms with Gasteiger partial charge in [0, 0.05) is 17.0 Å². The van der Waals surface area contributed by atoms with Crippen LogP contribution >= 0.6 is 0 Å². The minimum atomic E-state index is 0.323. The largest absolute Gasteiger partial charge is 0.293 e. The van der Waals surface area contributed by atoms with Crippen molar-refractivity contribution in [3.63, 3.8) is 0 Å². The molecular weight excluding hydrogens is 498 g/mol. The second kappa shape index (κ2) is 9.72. The van der Waals surface area contributed by atoms with E-state index in [-0.39, 0.29) is 0 Å². The fourth-order valence-electron chi connectivity index (χ4n) is 6.19. The Kier molecular flexibility index (Phi) is 5.60. The molecule has 41 heavy (non-hydrogen) atoms. The minimum absolute atomic E-state index is 0.323. The predicted octanol–water partition coefficient (Wildman–Crippen LogP) is 9.52. The molecule has 0 radical (unpaired) electrons. The van der Waals surface area contributed by atoms with Gasteiger partial charge in [0.05, 0.1) is 16.6 Å². The summed E-state index contributed by atoms with van der Waals surface area (Å²) >= 11 is 0. The molecule has 1 atom stereocenters. The molecule has 0 saturated heterocycles. The summed E-state index contributed by atoms with van der Waals surface area (Å²) in [5.74, 6) is 0.323. The SMILES string of the molecule is C1=CCC(c2cccc(-c3ccc4c(c3)c3nc5ccccc5nc3n4-c3ccccc3)c2)C(c2ccccc2)=C1. The van der Waals surface area contributed by atoms with Crippen LogP contribution in [0, 0.1) is 0 Å². The van der Waals surface area contributed by atoms with E-state index in [0.29, 0.717) is 5.92 Å². The van der Waals surface area contributed by atoms with Gasteiger partial charge in [-0.2, -0.15) is 0 Å². The van der Waals surface area contributed by atoms with Crippen LogP contribution in [0.4, 0.5) is 0 Å². The third-order valence-electron chi connectivity index (χ3n) is 8.16. The lowest BCUT2D eigenvalue weighted by atomic mass is 9.81. The van der Waals surface area contributed by atoms with Gasteiger partial charge < -0.3 is 0 Å². The lowest BCUT2D eigenvalue weighted by Crippen LogP contribution is -2.04. The Bertz CT molecular complexity index is 2120. The molecule has 194 valence electrons. The normalized spacial score (nSPS) is 15.0. The van der Waals surface area contributed by atoms with Crippen molar-refractivity contribution in [1.82, 2.24) is 14.5 Å². The molecule has 3 nitrogen and oxygen atoms in total. The zero-order chi connectivity index (χ0) is 27.2. The number of benzene rings is 5. The quantitative estimate of drug-likeness (QED) is 0.229. The van der Waals surface area contributed by atoms with E-state index in [1.807, 2.05) is 30.3 Å². The van der Waals surface area contributed by atoms with Crippen LogP contribution in [0.15, 0.2) is 146 Å². The lowest BCUT2D eigenvalue weighted by Gasteiger charge is -2.23. The van der Waals surface area contributed by atoms with E-state index >= 15 is 0 Å². The maximum absolute atomic E-state index is 5.12. The molecule has 8 rings (SSSR count). The molecule has 2 heterocycles. The summed E-state index contributed by atoms with van der Waals surface area (Å²) in [6.07, 6.45) is 7.72. The van der Waals surface area contributed by atoms with Crippen molar-refractivity contribution in [2.24, 2.45) is 0 Å². The van der Waals surface area contributed by atoms with Gasteiger partial charge in [0.15, 0.2) is 5.65 Å². The topological polar surface area (TPSA) is 30.7 Å². The van der Waals surface area contributed by atoms with Gasteiger partial charge in [0.25, 0.3) is 0 Å². The minimum Gasteiger partial charge on any atom is -0.293 e. The summed E-state index contributed by atoms with van der Waals surface area (Å²) in [4.78, 5) is 10.2. The number of allylic oxidation sites excluding steroid dienone is 4. The summed E-state index contributed by atoms with van der Waals surface area (Å²) in [6, 6.07) is 45.1. The number of fused-ring (bicyclic) bond motifs is 4. The number of nitrogens with zero attached hydrogens (tertiary/aromatic N) is 3. The third-order valence-corrected chi connectivity index (χ3v) is 8.16. The Labute approximate surface area is 238 Å². The highest BCUT2D eigenvalue weighted by Crippen LogP contribution is 2.40. The Hall–Kier alpha value is -5.28. The van der Waals surface area contributed by atoms with E-state index in [0.717, 1.165) is 45.2 Å². The third kappa shape index (κ3) is 4.06. The number of hydrogen-bond donors (Lipinski definition) is 0. The van der Waals surface area contributed by atoms with Gasteiger partial charge in [-0.3, -0.25) is 4.57 Å². The van der Waals surface area contributed by atoms with Gasteiger partial charge in [0.1, 0.15) is 5.52 Å². The van der Waals surface area contributed by atoms with Gasteiger partial charge in [0.2, 0.25) is 0 Å². The molecule has 3 heteroatoms. The number of hydrogen-bond acceptors (Lipinski definition) is 2. The van der Waals surface area contributed by atoms with E-state index < -0.39 is 0 Å². The highest BCUT2D eigenvalue weighted by atomic mass is 15.1. The molecule has 0 bridgehead atoms. The van der Waals surface area contributed by atoms with Gasteiger partial charge in [-0.05, 0) is 70.6 Å². The van der Waals surface area contributed by atoms with E-state index in [4.69, 9.17) is 9.97 Å². The number of rotatable bonds is 4. The molecule has 5 aromatic carbocycles. The molecular formula is C38H27N3. The van der Waals surface area contributed by atoms with Crippen molar-refractivity contribution in [1.29, 1.82) is 0 Å². The van der Waals surface area contributed by atoms with Crippen molar-refractivity contribution < 1.29 is 0 Å². The summed E-state index contributed by atoms with van der Waals surface area (Å²) < 4.78 is 2.23. The van der Waals surface area contributed by atoms with Crippen LogP contribution < -0.4 is 0 Å². The molecule has 0 saturated carbocycles. The Morgan fingerprint density at radius 3 is 2.15 bits per heavy atom. The Morgan fingerprint density at radius 2 is 1.32 bits per heavy atom. The fraction of sp³-hybridized carbons (Fsp3) is 0.0526. The summed E-state index contributed by atoms with van der Waals surface area (Å²) in [6.45, 7) is 0. The van der Waals surface area contributed by atoms with Crippen molar-refractivity contribution in [2.75, 3.05) is 0 Å². The van der Waals surface area contributed by atoms with Gasteiger partial charge in [-0.15, -0.1) is 0 Å². The van der Waals surface area contributed by atoms with Crippen LogP contribution in [0.3, 0.4) is 0 Å². The van der Waals surface area contributed by atoms with Gasteiger partial charge >= 0.3 is 0 Å². The first-order valence-corrected chi connectivity index (χ1v) is 14.1. The molecule has 0 spiro atoms. The lowest BCUT2D eigenvalue weighted by molar-refractivity contribution is 0.874. The first-order chi connectivity index (χ1) is 20.3. The van der Waals surface area contributed by atoms with Gasteiger partial charge in [-0.25, -0.2) is 9.97 Å². The van der Waals surface area contributed by atoms with E-state index in [2.05, 4.69) is 120 Å². The van der Waals surface area contributed by atoms with Gasteiger partial charge in [-0.1, -0.05) is 109 Å². The predicted molar refractivity (Wildman–Crippen MR) is 170 cm³/mol. The maximum atomic E-state index is 5.12. The Balaban J connectivity index is 1.29. The molecule has 1 unspecified atom stereocenters. The van der Waals surface area contributed by atoms with E-state index in [9.17, 15) is 0 Å². The van der Waals surface area contributed by atoms with E-state index in [1.165, 1.54) is 27.8 Å². The molecule has 1 aliphatic rings. The van der Waals surface area contributed by atoms with Crippen LogP contribution in [0.1, 0.15) is 23.5 Å².